The van der Waals surface area contributed by atoms with Gasteiger partial charge in [-0.2, -0.15) is 0 Å². The SMILES string of the molecule is CC.CNCC1(C(C)C)CC1. The second kappa shape index (κ2) is 4.76. The van der Waals surface area contributed by atoms with Gasteiger partial charge in [0.1, 0.15) is 0 Å². The summed E-state index contributed by atoms with van der Waals surface area (Å²) in [6.45, 7) is 9.86. The van der Waals surface area contributed by atoms with Crippen molar-refractivity contribution in [2.75, 3.05) is 13.6 Å². The van der Waals surface area contributed by atoms with Crippen LogP contribution in [0, 0.1) is 11.3 Å². The Morgan fingerprint density at radius 1 is 1.27 bits per heavy atom. The van der Waals surface area contributed by atoms with E-state index in [0.29, 0.717) is 5.41 Å². The fourth-order valence-corrected chi connectivity index (χ4v) is 1.47. The van der Waals surface area contributed by atoms with E-state index in [4.69, 9.17) is 0 Å². The van der Waals surface area contributed by atoms with Crippen LogP contribution in [0.2, 0.25) is 0 Å². The average Bonchev–Trinajstić information content (AvgIpc) is 2.75. The third-order valence-electron chi connectivity index (χ3n) is 2.65. The molecule has 1 N–H and O–H groups in total. The van der Waals surface area contributed by atoms with Gasteiger partial charge < -0.3 is 5.32 Å². The lowest BCUT2D eigenvalue weighted by molar-refractivity contribution is 0.348. The monoisotopic (exact) mass is 157 g/mol. The number of hydrogen-bond donors (Lipinski definition) is 1. The summed E-state index contributed by atoms with van der Waals surface area (Å²) in [6, 6.07) is 0. The molecular weight excluding hydrogens is 134 g/mol. The van der Waals surface area contributed by atoms with Crippen LogP contribution < -0.4 is 5.32 Å². The fourth-order valence-electron chi connectivity index (χ4n) is 1.47. The van der Waals surface area contributed by atoms with Crippen molar-refractivity contribution in [3.05, 3.63) is 0 Å². The minimum absolute atomic E-state index is 0.689. The van der Waals surface area contributed by atoms with Gasteiger partial charge in [0.2, 0.25) is 0 Å². The van der Waals surface area contributed by atoms with Gasteiger partial charge in [-0.25, -0.2) is 0 Å². The molecule has 0 saturated heterocycles. The average molecular weight is 157 g/mol. The van der Waals surface area contributed by atoms with Crippen molar-refractivity contribution in [3.8, 4) is 0 Å². The molecule has 1 fully saturated rings. The Morgan fingerprint density at radius 2 is 1.73 bits per heavy atom. The van der Waals surface area contributed by atoms with Crippen molar-refractivity contribution in [1.82, 2.24) is 5.32 Å². The van der Waals surface area contributed by atoms with E-state index in [1.807, 2.05) is 20.9 Å². The summed E-state index contributed by atoms with van der Waals surface area (Å²) in [4.78, 5) is 0. The molecule has 0 aromatic rings. The van der Waals surface area contributed by atoms with Gasteiger partial charge >= 0.3 is 0 Å². The molecule has 1 nitrogen and oxygen atoms in total. The molecule has 0 aliphatic heterocycles. The summed E-state index contributed by atoms with van der Waals surface area (Å²) in [5.74, 6) is 0.866. The van der Waals surface area contributed by atoms with E-state index in [0.717, 1.165) is 5.92 Å². The van der Waals surface area contributed by atoms with E-state index in [1.165, 1.54) is 19.4 Å². The van der Waals surface area contributed by atoms with Gasteiger partial charge in [0.15, 0.2) is 0 Å². The molecule has 1 heteroatoms. The van der Waals surface area contributed by atoms with Crippen LogP contribution in [0.15, 0.2) is 0 Å². The summed E-state index contributed by atoms with van der Waals surface area (Å²) in [5, 5.41) is 3.25. The van der Waals surface area contributed by atoms with Crippen molar-refractivity contribution in [3.63, 3.8) is 0 Å². The molecule has 0 bridgehead atoms. The molecule has 1 aliphatic carbocycles. The Bertz CT molecular complexity index is 93.0. The van der Waals surface area contributed by atoms with Crippen LogP contribution >= 0.6 is 0 Å². The van der Waals surface area contributed by atoms with E-state index in [-0.39, 0.29) is 0 Å². The lowest BCUT2D eigenvalue weighted by atomic mass is 9.93. The van der Waals surface area contributed by atoms with Gasteiger partial charge in [0, 0.05) is 6.54 Å². The van der Waals surface area contributed by atoms with Crippen molar-refractivity contribution in [1.29, 1.82) is 0 Å². The predicted octanol–water partition coefficient (Wildman–Crippen LogP) is 2.67. The normalized spacial score (nSPS) is 19.1. The van der Waals surface area contributed by atoms with Crippen molar-refractivity contribution >= 4 is 0 Å². The van der Waals surface area contributed by atoms with Crippen LogP contribution in [0.25, 0.3) is 0 Å². The molecule has 0 radical (unpaired) electrons. The number of nitrogens with one attached hydrogen (secondary N) is 1. The van der Waals surface area contributed by atoms with Crippen LogP contribution in [0.4, 0.5) is 0 Å². The molecule has 0 aromatic heterocycles. The Morgan fingerprint density at radius 3 is 1.82 bits per heavy atom. The number of rotatable bonds is 3. The lowest BCUT2D eigenvalue weighted by Gasteiger charge is -2.18. The smallest absolute Gasteiger partial charge is 0.000726 e. The molecule has 0 heterocycles. The van der Waals surface area contributed by atoms with E-state index < -0.39 is 0 Å². The van der Waals surface area contributed by atoms with Crippen molar-refractivity contribution < 1.29 is 0 Å². The minimum atomic E-state index is 0.689. The van der Waals surface area contributed by atoms with Gasteiger partial charge in [-0.1, -0.05) is 27.7 Å². The summed E-state index contributed by atoms with van der Waals surface area (Å²) >= 11 is 0. The first-order chi connectivity index (χ1) is 5.21. The lowest BCUT2D eigenvalue weighted by Crippen LogP contribution is -2.24. The quantitative estimate of drug-likeness (QED) is 0.664. The molecule has 11 heavy (non-hydrogen) atoms. The topological polar surface area (TPSA) is 12.0 Å². The van der Waals surface area contributed by atoms with E-state index in [9.17, 15) is 0 Å². The standard InChI is InChI=1S/C8H17N.C2H6/c1-7(2)8(4-5-8)6-9-3;1-2/h7,9H,4-6H2,1-3H3;1-2H3. The van der Waals surface area contributed by atoms with Gasteiger partial charge in [-0.3, -0.25) is 0 Å². The second-order valence-corrected chi connectivity index (χ2v) is 3.55. The summed E-state index contributed by atoms with van der Waals surface area (Å²) in [7, 11) is 2.04. The van der Waals surface area contributed by atoms with Gasteiger partial charge in [-0.15, -0.1) is 0 Å². The summed E-state index contributed by atoms with van der Waals surface area (Å²) < 4.78 is 0. The molecule has 0 aromatic carbocycles. The summed E-state index contributed by atoms with van der Waals surface area (Å²) in [5.41, 5.74) is 0.689. The zero-order valence-electron chi connectivity index (χ0n) is 8.70. The highest BCUT2D eigenvalue weighted by atomic mass is 14.8. The van der Waals surface area contributed by atoms with Crippen LogP contribution in [-0.2, 0) is 0 Å². The zero-order chi connectivity index (χ0) is 8.91. The Kier molecular flexibility index (Phi) is 4.74. The van der Waals surface area contributed by atoms with Crippen LogP contribution in [-0.4, -0.2) is 13.6 Å². The predicted molar refractivity (Wildman–Crippen MR) is 51.8 cm³/mol. The van der Waals surface area contributed by atoms with Gasteiger partial charge in [0.05, 0.1) is 0 Å². The third kappa shape index (κ3) is 2.82. The maximum absolute atomic E-state index is 3.25. The molecule has 0 amide bonds. The van der Waals surface area contributed by atoms with Crippen LogP contribution in [0.3, 0.4) is 0 Å². The molecule has 0 spiro atoms. The van der Waals surface area contributed by atoms with Gasteiger partial charge in [0.25, 0.3) is 0 Å². The third-order valence-corrected chi connectivity index (χ3v) is 2.65. The Hall–Kier alpha value is -0.0400. The van der Waals surface area contributed by atoms with E-state index in [1.54, 1.807) is 0 Å². The highest BCUT2D eigenvalue weighted by Gasteiger charge is 2.44. The molecule has 1 saturated carbocycles. The first kappa shape index (κ1) is 11.0. The van der Waals surface area contributed by atoms with Gasteiger partial charge in [-0.05, 0) is 31.2 Å². The first-order valence-electron chi connectivity index (χ1n) is 4.86. The van der Waals surface area contributed by atoms with E-state index in [2.05, 4.69) is 19.2 Å². The maximum Gasteiger partial charge on any atom is 0.000726 e. The van der Waals surface area contributed by atoms with Crippen LogP contribution in [0.1, 0.15) is 40.5 Å². The van der Waals surface area contributed by atoms with Crippen LogP contribution in [0.5, 0.6) is 0 Å². The van der Waals surface area contributed by atoms with E-state index >= 15 is 0 Å². The summed E-state index contributed by atoms with van der Waals surface area (Å²) in [6.07, 6.45) is 2.87. The molecule has 0 atom stereocenters. The largest absolute Gasteiger partial charge is 0.319 e. The minimum Gasteiger partial charge on any atom is -0.319 e. The molecule has 68 valence electrons. The molecule has 0 unspecified atom stereocenters. The highest BCUT2D eigenvalue weighted by Crippen LogP contribution is 2.51. The first-order valence-corrected chi connectivity index (χ1v) is 4.86. The molecular formula is C10H23N. The Balaban J connectivity index is 0.000000461. The highest BCUT2D eigenvalue weighted by molar-refractivity contribution is 4.96. The fraction of sp³-hybridized carbons (Fsp3) is 1.00. The maximum atomic E-state index is 3.25. The second-order valence-electron chi connectivity index (χ2n) is 3.55. The number of hydrogen-bond acceptors (Lipinski definition) is 1. The zero-order valence-corrected chi connectivity index (χ0v) is 8.70. The van der Waals surface area contributed by atoms with Crippen molar-refractivity contribution in [2.24, 2.45) is 11.3 Å². The van der Waals surface area contributed by atoms with Crippen molar-refractivity contribution in [2.45, 2.75) is 40.5 Å². The molecule has 1 rings (SSSR count). The Labute approximate surface area is 71.6 Å². The molecule has 1 aliphatic rings.